The highest BCUT2D eigenvalue weighted by Crippen LogP contribution is 2.16. The van der Waals surface area contributed by atoms with Gasteiger partial charge in [0, 0.05) is 12.2 Å². The molecule has 0 saturated carbocycles. The summed E-state index contributed by atoms with van der Waals surface area (Å²) in [4.78, 5) is 25.2. The zero-order valence-corrected chi connectivity index (χ0v) is 12.7. The fourth-order valence-electron chi connectivity index (χ4n) is 2.61. The molecule has 7 nitrogen and oxygen atoms in total. The van der Waals surface area contributed by atoms with E-state index < -0.39 is 17.9 Å². The van der Waals surface area contributed by atoms with Crippen molar-refractivity contribution < 1.29 is 19.4 Å². The average Bonchev–Trinajstić information content (AvgIpc) is 2.97. The van der Waals surface area contributed by atoms with Crippen LogP contribution in [0.2, 0.25) is 0 Å². The number of carbonyl (C=O) groups excluding carboxylic acids is 1. The SMILES string of the molecule is Cc1cc(C(=O)N2CCOCC2C(=O)O)nn1-c1ccccc1. The third-order valence-corrected chi connectivity index (χ3v) is 3.78. The van der Waals surface area contributed by atoms with Gasteiger partial charge in [0.15, 0.2) is 11.7 Å². The summed E-state index contributed by atoms with van der Waals surface area (Å²) in [6.07, 6.45) is 0. The van der Waals surface area contributed by atoms with Crippen LogP contribution in [0.1, 0.15) is 16.2 Å². The van der Waals surface area contributed by atoms with Crippen LogP contribution in [0, 0.1) is 6.92 Å². The molecule has 1 amide bonds. The van der Waals surface area contributed by atoms with Crippen molar-refractivity contribution in [3.63, 3.8) is 0 Å². The van der Waals surface area contributed by atoms with Crippen LogP contribution >= 0.6 is 0 Å². The standard InChI is InChI=1S/C16H17N3O4/c1-11-9-13(17-19(11)12-5-3-2-4-6-12)15(20)18-7-8-23-10-14(18)16(21)22/h2-6,9,14H,7-8,10H2,1H3,(H,21,22). The lowest BCUT2D eigenvalue weighted by molar-refractivity contribution is -0.147. The molecule has 1 N–H and O–H groups in total. The van der Waals surface area contributed by atoms with Crippen LogP contribution in [0.5, 0.6) is 0 Å². The number of hydrogen-bond acceptors (Lipinski definition) is 4. The highest BCUT2D eigenvalue weighted by atomic mass is 16.5. The van der Waals surface area contributed by atoms with Gasteiger partial charge in [0.2, 0.25) is 0 Å². The molecule has 1 aromatic carbocycles. The third-order valence-electron chi connectivity index (χ3n) is 3.78. The van der Waals surface area contributed by atoms with E-state index in [4.69, 9.17) is 4.74 Å². The van der Waals surface area contributed by atoms with Crippen LogP contribution in [-0.2, 0) is 9.53 Å². The smallest absolute Gasteiger partial charge is 0.328 e. The molecule has 0 spiro atoms. The maximum absolute atomic E-state index is 12.6. The predicted molar refractivity (Wildman–Crippen MR) is 81.6 cm³/mol. The molecule has 1 fully saturated rings. The first kappa shape index (κ1) is 15.2. The van der Waals surface area contributed by atoms with Crippen molar-refractivity contribution in [1.29, 1.82) is 0 Å². The van der Waals surface area contributed by atoms with Gasteiger partial charge in [-0.3, -0.25) is 4.79 Å². The minimum Gasteiger partial charge on any atom is -0.480 e. The maximum Gasteiger partial charge on any atom is 0.328 e. The minimum absolute atomic E-state index is 0.000546. The van der Waals surface area contributed by atoms with E-state index in [-0.39, 0.29) is 18.8 Å². The zero-order valence-electron chi connectivity index (χ0n) is 12.7. The monoisotopic (exact) mass is 315 g/mol. The molecule has 2 aromatic rings. The topological polar surface area (TPSA) is 84.7 Å². The van der Waals surface area contributed by atoms with Crippen LogP contribution in [0.4, 0.5) is 0 Å². The normalized spacial score (nSPS) is 18.0. The third kappa shape index (κ3) is 2.95. The van der Waals surface area contributed by atoms with E-state index in [1.54, 1.807) is 10.7 Å². The molecule has 1 unspecified atom stereocenters. The van der Waals surface area contributed by atoms with Crippen LogP contribution in [0.25, 0.3) is 5.69 Å². The van der Waals surface area contributed by atoms with Gasteiger partial charge in [0.05, 0.1) is 18.9 Å². The summed E-state index contributed by atoms with van der Waals surface area (Å²) in [6.45, 7) is 2.42. The quantitative estimate of drug-likeness (QED) is 0.917. The summed E-state index contributed by atoms with van der Waals surface area (Å²) >= 11 is 0. The number of morpholine rings is 1. The molecule has 120 valence electrons. The fourth-order valence-corrected chi connectivity index (χ4v) is 2.61. The van der Waals surface area contributed by atoms with Crippen molar-refractivity contribution in [3.8, 4) is 5.69 Å². The van der Waals surface area contributed by atoms with Crippen molar-refractivity contribution >= 4 is 11.9 Å². The first-order valence-electron chi connectivity index (χ1n) is 7.31. The Balaban J connectivity index is 1.90. The van der Waals surface area contributed by atoms with E-state index in [0.29, 0.717) is 6.61 Å². The number of rotatable bonds is 3. The van der Waals surface area contributed by atoms with E-state index in [9.17, 15) is 14.7 Å². The van der Waals surface area contributed by atoms with E-state index in [0.717, 1.165) is 11.4 Å². The van der Waals surface area contributed by atoms with E-state index in [1.165, 1.54) is 4.90 Å². The number of benzene rings is 1. The van der Waals surface area contributed by atoms with Crippen LogP contribution in [-0.4, -0.2) is 57.5 Å². The molecule has 2 heterocycles. The number of aliphatic carboxylic acids is 1. The first-order chi connectivity index (χ1) is 11.1. The predicted octanol–water partition coefficient (Wildman–Crippen LogP) is 1.11. The Morgan fingerprint density at radius 2 is 2.04 bits per heavy atom. The second kappa shape index (κ2) is 6.21. The van der Waals surface area contributed by atoms with Gasteiger partial charge >= 0.3 is 5.97 Å². The van der Waals surface area contributed by atoms with Crippen molar-refractivity contribution in [2.45, 2.75) is 13.0 Å². The molecule has 3 rings (SSSR count). The molecule has 1 saturated heterocycles. The van der Waals surface area contributed by atoms with Crippen LogP contribution in [0.3, 0.4) is 0 Å². The second-order valence-electron chi connectivity index (χ2n) is 5.35. The lowest BCUT2D eigenvalue weighted by atomic mass is 10.2. The molecule has 0 aliphatic carbocycles. The maximum atomic E-state index is 12.6. The van der Waals surface area contributed by atoms with E-state index in [2.05, 4.69) is 5.10 Å². The molecule has 7 heteroatoms. The van der Waals surface area contributed by atoms with E-state index >= 15 is 0 Å². The molecule has 1 aromatic heterocycles. The zero-order chi connectivity index (χ0) is 16.4. The molecule has 1 aliphatic heterocycles. The van der Waals surface area contributed by atoms with Gasteiger partial charge in [0.1, 0.15) is 0 Å². The van der Waals surface area contributed by atoms with Crippen molar-refractivity contribution in [2.75, 3.05) is 19.8 Å². The number of aryl methyl sites for hydroxylation is 1. The highest BCUT2D eigenvalue weighted by molar-refractivity contribution is 5.95. The Bertz CT molecular complexity index is 726. The Labute approximate surface area is 133 Å². The van der Waals surface area contributed by atoms with Crippen molar-refractivity contribution in [2.24, 2.45) is 0 Å². The molecular weight excluding hydrogens is 298 g/mol. The van der Waals surface area contributed by atoms with E-state index in [1.807, 2.05) is 37.3 Å². The van der Waals surface area contributed by atoms with Crippen molar-refractivity contribution in [3.05, 3.63) is 47.8 Å². The molecule has 1 aliphatic rings. The molecule has 0 bridgehead atoms. The van der Waals surface area contributed by atoms with Gasteiger partial charge in [-0.25, -0.2) is 9.48 Å². The lowest BCUT2D eigenvalue weighted by Gasteiger charge is -2.32. The summed E-state index contributed by atoms with van der Waals surface area (Å²) in [5.74, 6) is -1.46. The largest absolute Gasteiger partial charge is 0.480 e. The van der Waals surface area contributed by atoms with Gasteiger partial charge < -0.3 is 14.7 Å². The number of ether oxygens (including phenoxy) is 1. The fraction of sp³-hybridized carbons (Fsp3) is 0.312. The number of hydrogen-bond donors (Lipinski definition) is 1. The molecule has 23 heavy (non-hydrogen) atoms. The Morgan fingerprint density at radius 1 is 1.30 bits per heavy atom. The van der Waals surface area contributed by atoms with Gasteiger partial charge in [-0.2, -0.15) is 5.10 Å². The lowest BCUT2D eigenvalue weighted by Crippen LogP contribution is -2.52. The van der Waals surface area contributed by atoms with Crippen molar-refractivity contribution in [1.82, 2.24) is 14.7 Å². The first-order valence-corrected chi connectivity index (χ1v) is 7.31. The summed E-state index contributed by atoms with van der Waals surface area (Å²) in [5.41, 5.74) is 1.89. The number of nitrogens with zero attached hydrogens (tertiary/aromatic N) is 3. The van der Waals surface area contributed by atoms with Crippen LogP contribution in [0.15, 0.2) is 36.4 Å². The average molecular weight is 315 g/mol. The highest BCUT2D eigenvalue weighted by Gasteiger charge is 2.34. The molecule has 1 atom stereocenters. The number of para-hydroxylation sites is 1. The summed E-state index contributed by atoms with van der Waals surface area (Å²) in [6, 6.07) is 10.2. The van der Waals surface area contributed by atoms with Gasteiger partial charge in [-0.1, -0.05) is 18.2 Å². The molecule has 0 radical (unpaired) electrons. The Morgan fingerprint density at radius 3 is 2.74 bits per heavy atom. The Kier molecular flexibility index (Phi) is 4.12. The van der Waals surface area contributed by atoms with Crippen LogP contribution < -0.4 is 0 Å². The summed E-state index contributed by atoms with van der Waals surface area (Å²) in [7, 11) is 0. The number of carboxylic acid groups (broad SMARTS) is 1. The number of amides is 1. The second-order valence-corrected chi connectivity index (χ2v) is 5.35. The number of carbonyl (C=O) groups is 2. The molecular formula is C16H17N3O4. The Hall–Kier alpha value is -2.67. The summed E-state index contributed by atoms with van der Waals surface area (Å²) in [5, 5.41) is 13.6. The minimum atomic E-state index is -1.07. The summed E-state index contributed by atoms with van der Waals surface area (Å²) < 4.78 is 6.83. The van der Waals surface area contributed by atoms with Gasteiger partial charge in [0.25, 0.3) is 5.91 Å². The van der Waals surface area contributed by atoms with Gasteiger partial charge in [-0.15, -0.1) is 0 Å². The number of aromatic nitrogens is 2. The van der Waals surface area contributed by atoms with Gasteiger partial charge in [-0.05, 0) is 25.1 Å². The number of carboxylic acids is 1.